The van der Waals surface area contributed by atoms with Gasteiger partial charge in [-0.3, -0.25) is 0 Å². The lowest BCUT2D eigenvalue weighted by Crippen LogP contribution is -2.11. The van der Waals surface area contributed by atoms with Crippen molar-refractivity contribution in [2.45, 2.75) is 4.90 Å². The van der Waals surface area contributed by atoms with Crippen LogP contribution in [0, 0.1) is 0 Å². The van der Waals surface area contributed by atoms with Crippen molar-refractivity contribution in [1.29, 1.82) is 0 Å². The van der Waals surface area contributed by atoms with E-state index in [4.69, 9.17) is 9.56 Å². The largest absolute Gasteiger partial charge is 0.423 e. The van der Waals surface area contributed by atoms with Crippen LogP contribution in [0.15, 0.2) is 80.8 Å². The molecule has 0 unspecified atom stereocenters. The molecule has 0 fully saturated rings. The summed E-state index contributed by atoms with van der Waals surface area (Å²) in [7, 11) is -3.50. The van der Waals surface area contributed by atoms with Gasteiger partial charge in [-0.15, -0.1) is 0 Å². The second kappa shape index (κ2) is 6.34. The summed E-state index contributed by atoms with van der Waals surface area (Å²) < 4.78 is 26.1. The van der Waals surface area contributed by atoms with Crippen molar-refractivity contribution in [2.24, 2.45) is 5.14 Å². The van der Waals surface area contributed by atoms with Crippen molar-refractivity contribution < 1.29 is 12.8 Å². The van der Waals surface area contributed by atoms with Gasteiger partial charge in [-0.1, -0.05) is 36.4 Å². The molecule has 1 aromatic heterocycles. The van der Waals surface area contributed by atoms with Crippen molar-refractivity contribution in [3.05, 3.63) is 77.2 Å². The molecule has 0 radical (unpaired) electrons. The fourth-order valence-electron chi connectivity index (χ4n) is 1.62. The summed E-state index contributed by atoms with van der Waals surface area (Å²) in [5, 5.41) is 5.78. The van der Waals surface area contributed by atoms with E-state index in [2.05, 4.69) is 0 Å². The number of nitrogens with two attached hydrogens (primary N) is 1. The first kappa shape index (κ1) is 15.0. The summed E-state index contributed by atoms with van der Waals surface area (Å²) in [6.45, 7) is 0. The van der Waals surface area contributed by atoms with Crippen LogP contribution in [0.25, 0.3) is 11.0 Å². The first-order valence-electron chi connectivity index (χ1n) is 6.03. The lowest BCUT2D eigenvalue weighted by atomic mass is 10.2. The van der Waals surface area contributed by atoms with Crippen LogP contribution in [0.2, 0.25) is 0 Å². The number of benzene rings is 2. The zero-order chi connectivity index (χ0) is 15.3. The number of sulfonamides is 1. The van der Waals surface area contributed by atoms with Gasteiger partial charge in [0.2, 0.25) is 10.0 Å². The number of hydrogen-bond donors (Lipinski definition) is 1. The third-order valence-electron chi connectivity index (χ3n) is 2.60. The van der Waals surface area contributed by atoms with Gasteiger partial charge in [0, 0.05) is 11.5 Å². The molecule has 2 N–H and O–H groups in total. The van der Waals surface area contributed by atoms with Crippen LogP contribution in [0.1, 0.15) is 0 Å². The second-order valence-corrected chi connectivity index (χ2v) is 5.71. The number of para-hydroxylation sites is 1. The highest BCUT2D eigenvalue weighted by Gasteiger charge is 2.03. The smallest absolute Gasteiger partial charge is 0.336 e. The van der Waals surface area contributed by atoms with Gasteiger partial charge in [0.1, 0.15) is 5.58 Å². The van der Waals surface area contributed by atoms with E-state index in [0.717, 1.165) is 5.39 Å². The summed E-state index contributed by atoms with van der Waals surface area (Å²) in [4.78, 5) is 10.9. The minimum Gasteiger partial charge on any atom is -0.423 e. The highest BCUT2D eigenvalue weighted by atomic mass is 32.2. The second-order valence-electron chi connectivity index (χ2n) is 4.15. The highest BCUT2D eigenvalue weighted by Crippen LogP contribution is 2.09. The van der Waals surface area contributed by atoms with E-state index in [1.165, 1.54) is 18.2 Å². The third kappa shape index (κ3) is 4.27. The Balaban J connectivity index is 0.000000155. The maximum Gasteiger partial charge on any atom is 0.336 e. The van der Waals surface area contributed by atoms with Crippen LogP contribution in [0.4, 0.5) is 0 Å². The van der Waals surface area contributed by atoms with Gasteiger partial charge in [0.15, 0.2) is 0 Å². The zero-order valence-electron chi connectivity index (χ0n) is 11.0. The molecule has 0 aliphatic rings. The number of hydrogen-bond acceptors (Lipinski definition) is 4. The summed E-state index contributed by atoms with van der Waals surface area (Å²) in [5.41, 5.74) is 0.337. The van der Waals surface area contributed by atoms with Crippen LogP contribution < -0.4 is 10.8 Å². The molecule has 0 atom stereocenters. The first-order chi connectivity index (χ1) is 9.97. The predicted molar refractivity (Wildman–Crippen MR) is 80.3 cm³/mol. The Kier molecular flexibility index (Phi) is 4.52. The average molecular weight is 303 g/mol. The Hall–Kier alpha value is -2.44. The minimum atomic E-state index is -3.50. The number of primary sulfonamides is 1. The molecule has 2 aromatic carbocycles. The van der Waals surface area contributed by atoms with Crippen LogP contribution in [0.3, 0.4) is 0 Å². The molecule has 108 valence electrons. The fourth-order valence-corrected chi connectivity index (χ4v) is 2.16. The fraction of sp³-hybridized carbons (Fsp3) is 0. The highest BCUT2D eigenvalue weighted by molar-refractivity contribution is 7.89. The quantitative estimate of drug-likeness (QED) is 0.697. The summed E-state index contributed by atoms with van der Waals surface area (Å²) in [5.74, 6) is 0. The van der Waals surface area contributed by atoms with E-state index in [9.17, 15) is 13.2 Å². The summed E-state index contributed by atoms with van der Waals surface area (Å²) in [6.07, 6.45) is 0. The Labute approximate surface area is 121 Å². The standard InChI is InChI=1S/C9H6O2.C6H7NO2S/c10-9-6-5-7-3-1-2-4-8(7)11-9;7-10(8,9)6-4-2-1-3-5-6/h1-6H;1-5H,(H2,7,8,9). The molecule has 3 aromatic rings. The molecule has 0 saturated heterocycles. The average Bonchev–Trinajstić information content (AvgIpc) is 2.48. The molecular weight excluding hydrogens is 290 g/mol. The predicted octanol–water partition coefficient (Wildman–Crippen LogP) is 2.13. The Morgan fingerprint density at radius 2 is 1.43 bits per heavy atom. The Morgan fingerprint density at radius 3 is 2.05 bits per heavy atom. The molecular formula is C15H13NO4S. The van der Waals surface area contributed by atoms with Gasteiger partial charge in [-0.25, -0.2) is 18.4 Å². The SMILES string of the molecule is NS(=O)(=O)c1ccccc1.O=c1ccc2ccccc2o1. The monoisotopic (exact) mass is 303 g/mol. The van der Waals surface area contributed by atoms with Crippen molar-refractivity contribution in [1.82, 2.24) is 0 Å². The van der Waals surface area contributed by atoms with Crippen molar-refractivity contribution in [2.75, 3.05) is 0 Å². The number of rotatable bonds is 1. The molecule has 6 heteroatoms. The van der Waals surface area contributed by atoms with Crippen LogP contribution >= 0.6 is 0 Å². The van der Waals surface area contributed by atoms with Gasteiger partial charge < -0.3 is 4.42 Å². The molecule has 0 aliphatic heterocycles. The topological polar surface area (TPSA) is 90.4 Å². The first-order valence-corrected chi connectivity index (χ1v) is 7.58. The minimum absolute atomic E-state index is 0.148. The number of fused-ring (bicyclic) bond motifs is 1. The van der Waals surface area contributed by atoms with E-state index in [1.807, 2.05) is 18.2 Å². The van der Waals surface area contributed by atoms with Gasteiger partial charge >= 0.3 is 5.63 Å². The van der Waals surface area contributed by atoms with Gasteiger partial charge in [0.05, 0.1) is 4.90 Å². The third-order valence-corrected chi connectivity index (χ3v) is 3.53. The summed E-state index contributed by atoms with van der Waals surface area (Å²) >= 11 is 0. The molecule has 1 heterocycles. The van der Waals surface area contributed by atoms with E-state index < -0.39 is 10.0 Å². The molecule has 0 saturated carbocycles. The van der Waals surface area contributed by atoms with Crippen molar-refractivity contribution in [3.63, 3.8) is 0 Å². The molecule has 0 amide bonds. The maximum absolute atomic E-state index is 10.7. The van der Waals surface area contributed by atoms with Crippen LogP contribution in [0.5, 0.6) is 0 Å². The van der Waals surface area contributed by atoms with Crippen LogP contribution in [-0.2, 0) is 10.0 Å². The zero-order valence-corrected chi connectivity index (χ0v) is 11.8. The van der Waals surface area contributed by atoms with Gasteiger partial charge in [-0.2, -0.15) is 0 Å². The molecule has 3 rings (SSSR count). The van der Waals surface area contributed by atoms with Gasteiger partial charge in [-0.05, 0) is 24.3 Å². The van der Waals surface area contributed by atoms with E-state index >= 15 is 0 Å². The lowest BCUT2D eigenvalue weighted by molar-refractivity contribution is 0.561. The van der Waals surface area contributed by atoms with Crippen molar-refractivity contribution >= 4 is 21.0 Å². The molecule has 5 nitrogen and oxygen atoms in total. The molecule has 0 spiro atoms. The normalized spacial score (nSPS) is 10.7. The molecule has 21 heavy (non-hydrogen) atoms. The van der Waals surface area contributed by atoms with E-state index in [-0.39, 0.29) is 10.5 Å². The van der Waals surface area contributed by atoms with E-state index in [1.54, 1.807) is 30.3 Å². The Bertz CT molecular complexity index is 886. The molecule has 0 bridgehead atoms. The van der Waals surface area contributed by atoms with E-state index in [0.29, 0.717) is 5.58 Å². The van der Waals surface area contributed by atoms with Crippen LogP contribution in [-0.4, -0.2) is 8.42 Å². The summed E-state index contributed by atoms with van der Waals surface area (Å²) in [6, 6.07) is 18.5. The Morgan fingerprint density at radius 1 is 0.810 bits per heavy atom. The van der Waals surface area contributed by atoms with Gasteiger partial charge in [0.25, 0.3) is 0 Å². The lowest BCUT2D eigenvalue weighted by Gasteiger charge is -1.93. The maximum atomic E-state index is 10.7. The molecule has 0 aliphatic carbocycles. The van der Waals surface area contributed by atoms with Crippen molar-refractivity contribution in [3.8, 4) is 0 Å².